The summed E-state index contributed by atoms with van der Waals surface area (Å²) in [6.07, 6.45) is 2.74. The van der Waals surface area contributed by atoms with Crippen LogP contribution in [0.3, 0.4) is 0 Å². The zero-order valence-electron chi connectivity index (χ0n) is 16.2. The Bertz CT molecular complexity index is 816. The van der Waals surface area contributed by atoms with E-state index < -0.39 is 10.0 Å². The lowest BCUT2D eigenvalue weighted by atomic mass is 10.1. The van der Waals surface area contributed by atoms with Gasteiger partial charge in [-0.1, -0.05) is 24.3 Å². The number of ether oxygens (including phenoxy) is 1. The van der Waals surface area contributed by atoms with Crippen molar-refractivity contribution in [3.05, 3.63) is 65.5 Å². The molecular weight excluding hydrogens is 403 g/mol. The molecule has 0 fully saturated rings. The third kappa shape index (κ3) is 10.0. The number of hydrogen-bond acceptors (Lipinski definition) is 4. The fourth-order valence-corrected chi connectivity index (χ4v) is 3.06. The number of rotatable bonds is 11. The molecule has 0 aliphatic heterocycles. The van der Waals surface area contributed by atoms with E-state index in [0.29, 0.717) is 19.7 Å². The molecule has 28 heavy (non-hydrogen) atoms. The van der Waals surface area contributed by atoms with Gasteiger partial charge in [0, 0.05) is 19.1 Å². The normalized spacial score (nSPS) is 12.2. The lowest BCUT2D eigenvalue weighted by Crippen LogP contribution is -2.38. The highest BCUT2D eigenvalue weighted by Crippen LogP contribution is 2.13. The van der Waals surface area contributed by atoms with E-state index in [0.717, 1.165) is 36.0 Å². The van der Waals surface area contributed by atoms with E-state index in [9.17, 15) is 12.8 Å². The van der Waals surface area contributed by atoms with Gasteiger partial charge in [0.05, 0.1) is 12.9 Å². The van der Waals surface area contributed by atoms with Crippen LogP contribution in [0.15, 0.2) is 48.5 Å². The second-order valence-corrected chi connectivity index (χ2v) is 8.46. The minimum absolute atomic E-state index is 0. The maximum atomic E-state index is 13.1. The van der Waals surface area contributed by atoms with Crippen molar-refractivity contribution in [1.82, 2.24) is 10.0 Å². The Balaban J connectivity index is 0.00000392. The highest BCUT2D eigenvalue weighted by Gasteiger charge is 2.06. The van der Waals surface area contributed by atoms with Crippen LogP contribution in [0.4, 0.5) is 4.39 Å². The molecule has 0 aromatic heterocycles. The largest absolute Gasteiger partial charge is 0.494 e. The molecule has 0 heterocycles. The summed E-state index contributed by atoms with van der Waals surface area (Å²) in [7, 11) is -3.16. The first-order valence-corrected chi connectivity index (χ1v) is 10.9. The van der Waals surface area contributed by atoms with Gasteiger partial charge in [-0.05, 0) is 55.2 Å². The Hall–Kier alpha value is -1.67. The van der Waals surface area contributed by atoms with Crippen LogP contribution in [-0.4, -0.2) is 33.9 Å². The van der Waals surface area contributed by atoms with E-state index in [2.05, 4.69) is 10.0 Å². The molecule has 5 nitrogen and oxygen atoms in total. The van der Waals surface area contributed by atoms with E-state index in [1.165, 1.54) is 6.07 Å². The molecule has 156 valence electrons. The van der Waals surface area contributed by atoms with Crippen molar-refractivity contribution in [1.29, 1.82) is 0 Å². The molecule has 0 saturated carbocycles. The van der Waals surface area contributed by atoms with Crippen molar-refractivity contribution < 1.29 is 17.5 Å². The van der Waals surface area contributed by atoms with Crippen LogP contribution in [0.25, 0.3) is 0 Å². The third-order valence-electron chi connectivity index (χ3n) is 4.00. The quantitative estimate of drug-likeness (QED) is 0.537. The van der Waals surface area contributed by atoms with Gasteiger partial charge in [-0.3, -0.25) is 0 Å². The summed E-state index contributed by atoms with van der Waals surface area (Å²) >= 11 is 0. The Labute approximate surface area is 173 Å². The van der Waals surface area contributed by atoms with E-state index >= 15 is 0 Å². The lowest BCUT2D eigenvalue weighted by Gasteiger charge is -2.14. The zero-order chi connectivity index (χ0) is 19.7. The van der Waals surface area contributed by atoms with Crippen LogP contribution in [0.5, 0.6) is 5.75 Å². The number of sulfonamides is 1. The Morgan fingerprint density at radius 3 is 2.46 bits per heavy atom. The molecule has 2 aromatic rings. The predicted octanol–water partition coefficient (Wildman–Crippen LogP) is 3.29. The maximum Gasteiger partial charge on any atom is 0.208 e. The summed E-state index contributed by atoms with van der Waals surface area (Å²) in [5.41, 5.74) is 2.06. The van der Waals surface area contributed by atoms with Gasteiger partial charge in [0.25, 0.3) is 0 Å². The number of benzene rings is 2. The third-order valence-corrected chi connectivity index (χ3v) is 4.69. The smallest absolute Gasteiger partial charge is 0.208 e. The Kier molecular flexibility index (Phi) is 10.5. The van der Waals surface area contributed by atoms with E-state index in [1.807, 2.05) is 37.3 Å². The number of hydrogen-bond donors (Lipinski definition) is 2. The fourth-order valence-electron chi connectivity index (χ4n) is 2.50. The van der Waals surface area contributed by atoms with Gasteiger partial charge < -0.3 is 10.1 Å². The van der Waals surface area contributed by atoms with E-state index in [1.54, 1.807) is 12.1 Å². The van der Waals surface area contributed by atoms with Crippen LogP contribution >= 0.6 is 12.4 Å². The van der Waals surface area contributed by atoms with Crippen LogP contribution in [0.1, 0.15) is 24.5 Å². The van der Waals surface area contributed by atoms with Crippen molar-refractivity contribution in [3.8, 4) is 5.75 Å². The highest BCUT2D eigenvalue weighted by molar-refractivity contribution is 7.88. The van der Waals surface area contributed by atoms with Gasteiger partial charge >= 0.3 is 0 Å². The summed E-state index contributed by atoms with van der Waals surface area (Å²) in [5.74, 6) is 0.587. The molecule has 0 aliphatic rings. The summed E-state index contributed by atoms with van der Waals surface area (Å²) in [6.45, 7) is 3.49. The standard InChI is InChI=1S/C20H27FN2O3S.ClH/c1-16(14-23-27(2,24)25)22-15-18-8-10-20(11-9-18)26-12-4-6-17-5-3-7-19(21)13-17;/h3,5,7-11,13,16,22-23H,4,6,12,14-15H2,1-2H3;1H. The SMILES string of the molecule is CC(CNS(C)(=O)=O)NCc1ccc(OCCCc2cccc(F)c2)cc1.Cl. The average Bonchev–Trinajstić information content (AvgIpc) is 2.62. The van der Waals surface area contributed by atoms with Crippen LogP contribution in [0, 0.1) is 5.82 Å². The Morgan fingerprint density at radius 2 is 1.82 bits per heavy atom. The van der Waals surface area contributed by atoms with Crippen LogP contribution in [0.2, 0.25) is 0 Å². The minimum atomic E-state index is -3.16. The second-order valence-electron chi connectivity index (χ2n) is 6.63. The molecule has 2 rings (SSSR count). The molecule has 1 unspecified atom stereocenters. The molecule has 0 bridgehead atoms. The second kappa shape index (κ2) is 12.0. The van der Waals surface area contributed by atoms with Crippen molar-refractivity contribution in [3.63, 3.8) is 0 Å². The van der Waals surface area contributed by atoms with E-state index in [-0.39, 0.29) is 24.3 Å². The topological polar surface area (TPSA) is 67.4 Å². The molecule has 1 atom stereocenters. The molecule has 0 radical (unpaired) electrons. The molecule has 8 heteroatoms. The number of aryl methyl sites for hydroxylation is 1. The van der Waals surface area contributed by atoms with E-state index in [4.69, 9.17) is 4.74 Å². The molecule has 0 amide bonds. The first-order chi connectivity index (χ1) is 12.8. The molecule has 0 saturated heterocycles. The molecular formula is C20H28ClFN2O3S. The first kappa shape index (κ1) is 24.4. The molecule has 2 N–H and O–H groups in total. The summed E-state index contributed by atoms with van der Waals surface area (Å²) in [6, 6.07) is 14.4. The maximum absolute atomic E-state index is 13.1. The molecule has 0 aliphatic carbocycles. The van der Waals surface area contributed by atoms with Crippen molar-refractivity contribution in [2.45, 2.75) is 32.4 Å². The van der Waals surface area contributed by atoms with Gasteiger partial charge in [0.2, 0.25) is 10.0 Å². The predicted molar refractivity (Wildman–Crippen MR) is 113 cm³/mol. The highest BCUT2D eigenvalue weighted by atomic mass is 35.5. The van der Waals surface area contributed by atoms with Gasteiger partial charge in [-0.25, -0.2) is 17.5 Å². The van der Waals surface area contributed by atoms with Crippen LogP contribution < -0.4 is 14.8 Å². The lowest BCUT2D eigenvalue weighted by molar-refractivity contribution is 0.311. The first-order valence-electron chi connectivity index (χ1n) is 8.96. The Morgan fingerprint density at radius 1 is 1.11 bits per heavy atom. The molecule has 2 aromatic carbocycles. The van der Waals surface area contributed by atoms with Gasteiger partial charge in [0.1, 0.15) is 11.6 Å². The summed E-state index contributed by atoms with van der Waals surface area (Å²) in [4.78, 5) is 0. The van der Waals surface area contributed by atoms with Gasteiger partial charge in [-0.2, -0.15) is 0 Å². The van der Waals surface area contributed by atoms with Gasteiger partial charge in [-0.15, -0.1) is 12.4 Å². The fraction of sp³-hybridized carbons (Fsp3) is 0.400. The van der Waals surface area contributed by atoms with Gasteiger partial charge in [0.15, 0.2) is 0 Å². The van der Waals surface area contributed by atoms with Crippen molar-refractivity contribution in [2.24, 2.45) is 0 Å². The molecule has 0 spiro atoms. The van der Waals surface area contributed by atoms with Crippen molar-refractivity contribution >= 4 is 22.4 Å². The minimum Gasteiger partial charge on any atom is -0.494 e. The van der Waals surface area contributed by atoms with Crippen molar-refractivity contribution in [2.75, 3.05) is 19.4 Å². The number of halogens is 2. The summed E-state index contributed by atoms with van der Waals surface area (Å²) in [5, 5.41) is 3.27. The average molecular weight is 431 g/mol. The zero-order valence-corrected chi connectivity index (χ0v) is 17.8. The monoisotopic (exact) mass is 430 g/mol. The van der Waals surface area contributed by atoms with Crippen LogP contribution in [-0.2, 0) is 23.0 Å². The number of nitrogens with one attached hydrogen (secondary N) is 2. The summed E-state index contributed by atoms with van der Waals surface area (Å²) < 4.78 is 43.5.